The highest BCUT2D eigenvalue weighted by atomic mass is 16.7. The molecule has 2 amide bonds. The third-order valence-corrected chi connectivity index (χ3v) is 13.8. The lowest BCUT2D eigenvalue weighted by molar-refractivity contribution is -0.273. The summed E-state index contributed by atoms with van der Waals surface area (Å²) in [6, 6.07) is 5.79. The summed E-state index contributed by atoms with van der Waals surface area (Å²) in [5, 5.41) is 6.06. The monoisotopic (exact) mass is 591 g/mol. The summed E-state index contributed by atoms with van der Waals surface area (Å²) in [6.45, 7) is 11.1. The van der Waals surface area contributed by atoms with Crippen LogP contribution in [0.25, 0.3) is 0 Å². The topological polar surface area (TPSA) is 89.5 Å². The zero-order chi connectivity index (χ0) is 30.0. The highest BCUT2D eigenvalue weighted by Gasteiger charge is 2.69. The van der Waals surface area contributed by atoms with E-state index in [2.05, 4.69) is 43.3 Å². The van der Waals surface area contributed by atoms with E-state index in [-0.39, 0.29) is 30.1 Å². The summed E-state index contributed by atoms with van der Waals surface area (Å²) in [6.07, 6.45) is 13.9. The number of aromatic nitrogens is 1. The molecule has 0 radical (unpaired) electrons. The standard InChI is InChI=1S/C36H53N3O4/c1-22-10-15-36(42-21-22)23(2)33-30(43-36)18-29-27-9-8-24-17-25(11-13-34(24,3)28(27)12-14-35(29,33)4)39-32(41)19-31(40)38-20-26-7-5-6-16-37-26/h5-7,16,22-25,27-30,33H,8-15,17-21H2,1-4H3,(H,38,40)(H,39,41)/t22-,23+,24-,25?,27-,28+,29+,30+,33+,34+,35+,36-/m1/s1. The molecule has 0 aromatic carbocycles. The first-order chi connectivity index (χ1) is 20.6. The summed E-state index contributed by atoms with van der Waals surface area (Å²) in [7, 11) is 0. The van der Waals surface area contributed by atoms with Gasteiger partial charge in [0.1, 0.15) is 6.42 Å². The van der Waals surface area contributed by atoms with Gasteiger partial charge in [-0.3, -0.25) is 14.6 Å². The van der Waals surface area contributed by atoms with Gasteiger partial charge in [-0.2, -0.15) is 0 Å². The molecule has 1 aromatic heterocycles. The van der Waals surface area contributed by atoms with Crippen molar-refractivity contribution < 1.29 is 19.1 Å². The predicted octanol–water partition coefficient (Wildman–Crippen LogP) is 6.02. The van der Waals surface area contributed by atoms with Crippen LogP contribution in [0.2, 0.25) is 0 Å². The molecule has 6 aliphatic rings. The third-order valence-electron chi connectivity index (χ3n) is 13.8. The van der Waals surface area contributed by atoms with Crippen LogP contribution in [0, 0.1) is 52.3 Å². The maximum atomic E-state index is 12.8. The molecule has 4 saturated carbocycles. The van der Waals surface area contributed by atoms with Crippen LogP contribution < -0.4 is 10.6 Å². The molecular weight excluding hydrogens is 538 g/mol. The SMILES string of the molecule is C[C@@H]1CC[C@@]2(OC1)O[C@H]1C[C@H]3[C@@H]4CC[C@@H]5CC(NC(=O)CC(=O)NCc6ccccn6)CC[C@]5(C)[C@H]4CC[C@]3(C)[C@H]1[C@@H]2C. The van der Waals surface area contributed by atoms with Crippen LogP contribution in [-0.4, -0.2) is 41.3 Å². The maximum Gasteiger partial charge on any atom is 0.229 e. The summed E-state index contributed by atoms with van der Waals surface area (Å²) < 4.78 is 13.5. The van der Waals surface area contributed by atoms with Crippen molar-refractivity contribution in [2.75, 3.05) is 6.61 Å². The Balaban J connectivity index is 0.952. The van der Waals surface area contributed by atoms with Gasteiger partial charge in [-0.15, -0.1) is 0 Å². The Bertz CT molecular complexity index is 1200. The van der Waals surface area contributed by atoms with E-state index in [0.717, 1.165) is 49.3 Å². The third kappa shape index (κ3) is 5.05. The molecule has 3 heterocycles. The smallest absolute Gasteiger partial charge is 0.229 e. The van der Waals surface area contributed by atoms with Crippen molar-refractivity contribution in [2.45, 2.75) is 123 Å². The van der Waals surface area contributed by atoms with Crippen molar-refractivity contribution in [2.24, 2.45) is 52.3 Å². The lowest BCUT2D eigenvalue weighted by Crippen LogP contribution is -2.56. The number of hydrogen-bond donors (Lipinski definition) is 2. The molecule has 1 spiro atoms. The molecule has 236 valence electrons. The fourth-order valence-corrected chi connectivity index (χ4v) is 11.6. The van der Waals surface area contributed by atoms with E-state index in [4.69, 9.17) is 9.47 Å². The Morgan fingerprint density at radius 1 is 0.953 bits per heavy atom. The van der Waals surface area contributed by atoms with E-state index in [9.17, 15) is 9.59 Å². The van der Waals surface area contributed by atoms with E-state index in [0.29, 0.717) is 47.2 Å². The molecule has 7 rings (SSSR count). The molecule has 0 bridgehead atoms. The minimum atomic E-state index is -0.334. The van der Waals surface area contributed by atoms with Gasteiger partial charge in [-0.05, 0) is 116 Å². The highest BCUT2D eigenvalue weighted by molar-refractivity contribution is 5.96. The number of carbonyl (C=O) groups excluding carboxylic acids is 2. The van der Waals surface area contributed by atoms with Crippen LogP contribution >= 0.6 is 0 Å². The second kappa shape index (κ2) is 11.1. The van der Waals surface area contributed by atoms with Gasteiger partial charge in [0.25, 0.3) is 0 Å². The molecule has 1 unspecified atom stereocenters. The summed E-state index contributed by atoms with van der Waals surface area (Å²) in [5.41, 5.74) is 1.49. The Labute approximate surface area is 258 Å². The fourth-order valence-electron chi connectivity index (χ4n) is 11.6. The predicted molar refractivity (Wildman–Crippen MR) is 164 cm³/mol. The number of rotatable bonds is 5. The van der Waals surface area contributed by atoms with Gasteiger partial charge in [0.05, 0.1) is 24.9 Å². The Hall–Kier alpha value is -1.99. The van der Waals surface area contributed by atoms with Crippen LogP contribution in [0.3, 0.4) is 0 Å². The normalized spacial score (nSPS) is 46.7. The lowest BCUT2D eigenvalue weighted by Gasteiger charge is -2.61. The summed E-state index contributed by atoms with van der Waals surface area (Å²) >= 11 is 0. The fraction of sp³-hybridized carbons (Fsp3) is 0.806. The van der Waals surface area contributed by atoms with Crippen molar-refractivity contribution in [3.63, 3.8) is 0 Å². The second-order valence-corrected chi connectivity index (χ2v) is 16.0. The molecule has 43 heavy (non-hydrogen) atoms. The van der Waals surface area contributed by atoms with Crippen molar-refractivity contribution in [1.29, 1.82) is 0 Å². The van der Waals surface area contributed by atoms with Crippen LogP contribution in [0.5, 0.6) is 0 Å². The number of nitrogens with one attached hydrogen (secondary N) is 2. The van der Waals surface area contributed by atoms with E-state index in [1.807, 2.05) is 18.2 Å². The van der Waals surface area contributed by atoms with Gasteiger partial charge < -0.3 is 20.1 Å². The van der Waals surface area contributed by atoms with Crippen molar-refractivity contribution in [1.82, 2.24) is 15.6 Å². The van der Waals surface area contributed by atoms with Gasteiger partial charge in [0.15, 0.2) is 5.79 Å². The number of ether oxygens (including phenoxy) is 2. The molecule has 2 N–H and O–H groups in total. The molecule has 2 aliphatic heterocycles. The van der Waals surface area contributed by atoms with E-state index in [1.165, 1.54) is 44.9 Å². The van der Waals surface area contributed by atoms with E-state index >= 15 is 0 Å². The Kier molecular flexibility index (Phi) is 7.68. The van der Waals surface area contributed by atoms with Crippen LogP contribution in [0.4, 0.5) is 0 Å². The second-order valence-electron chi connectivity index (χ2n) is 16.0. The van der Waals surface area contributed by atoms with Gasteiger partial charge in [-0.25, -0.2) is 0 Å². The first-order valence-corrected chi connectivity index (χ1v) is 17.4. The van der Waals surface area contributed by atoms with Gasteiger partial charge >= 0.3 is 0 Å². The Morgan fingerprint density at radius 3 is 2.56 bits per heavy atom. The summed E-state index contributed by atoms with van der Waals surface area (Å²) in [5.74, 6) is 3.95. The number of carbonyl (C=O) groups is 2. The van der Waals surface area contributed by atoms with Gasteiger partial charge in [-0.1, -0.05) is 33.8 Å². The van der Waals surface area contributed by atoms with E-state index in [1.54, 1.807) is 6.20 Å². The number of amides is 2. The van der Waals surface area contributed by atoms with Crippen LogP contribution in [0.15, 0.2) is 24.4 Å². The zero-order valence-electron chi connectivity index (χ0n) is 26.8. The molecule has 6 fully saturated rings. The summed E-state index contributed by atoms with van der Waals surface area (Å²) in [4.78, 5) is 29.4. The van der Waals surface area contributed by atoms with Gasteiger partial charge in [0, 0.05) is 24.6 Å². The molecule has 12 atom stereocenters. The Morgan fingerprint density at radius 2 is 1.79 bits per heavy atom. The quantitative estimate of drug-likeness (QED) is 0.409. The zero-order valence-corrected chi connectivity index (χ0v) is 26.8. The highest BCUT2D eigenvalue weighted by Crippen LogP contribution is 2.71. The van der Waals surface area contributed by atoms with Crippen LogP contribution in [0.1, 0.15) is 104 Å². The van der Waals surface area contributed by atoms with Gasteiger partial charge in [0.2, 0.25) is 11.8 Å². The molecule has 4 aliphatic carbocycles. The molecule has 1 aromatic rings. The molecule has 7 heteroatoms. The molecular formula is C36H53N3O4. The van der Waals surface area contributed by atoms with Crippen molar-refractivity contribution in [3.05, 3.63) is 30.1 Å². The number of hydrogen-bond acceptors (Lipinski definition) is 5. The van der Waals surface area contributed by atoms with Crippen molar-refractivity contribution >= 4 is 11.8 Å². The first-order valence-electron chi connectivity index (χ1n) is 17.4. The first kappa shape index (κ1) is 29.7. The van der Waals surface area contributed by atoms with Crippen molar-refractivity contribution in [3.8, 4) is 0 Å². The maximum absolute atomic E-state index is 12.8. The average Bonchev–Trinajstić information content (AvgIpc) is 3.44. The minimum Gasteiger partial charge on any atom is -0.353 e. The number of fused-ring (bicyclic) bond motifs is 7. The molecule has 7 nitrogen and oxygen atoms in total. The largest absolute Gasteiger partial charge is 0.353 e. The lowest BCUT2D eigenvalue weighted by atomic mass is 9.44. The van der Waals surface area contributed by atoms with Crippen LogP contribution in [-0.2, 0) is 25.6 Å². The molecule has 2 saturated heterocycles. The average molecular weight is 592 g/mol. The number of pyridine rings is 1. The number of nitrogens with zero attached hydrogens (tertiary/aromatic N) is 1. The minimum absolute atomic E-state index is 0.121. The van der Waals surface area contributed by atoms with E-state index < -0.39 is 0 Å².